The number of carbonyl (C=O) groups is 1. The van der Waals surface area contributed by atoms with Crippen LogP contribution in [0.25, 0.3) is 0 Å². The Morgan fingerprint density at radius 1 is 1.37 bits per heavy atom. The van der Waals surface area contributed by atoms with Crippen molar-refractivity contribution in [2.45, 2.75) is 17.7 Å². The Morgan fingerprint density at radius 2 is 2.11 bits per heavy atom. The van der Waals surface area contributed by atoms with Gasteiger partial charge in [0.05, 0.1) is 4.90 Å². The minimum absolute atomic E-state index is 0.0990. The molecular formula is C11H14BrN3O3S. The molecule has 8 heteroatoms. The number of amides is 1. The summed E-state index contributed by atoms with van der Waals surface area (Å²) in [4.78, 5) is 11.4. The molecule has 6 nitrogen and oxygen atoms in total. The highest BCUT2D eigenvalue weighted by atomic mass is 79.9. The summed E-state index contributed by atoms with van der Waals surface area (Å²) in [5, 5.41) is 2.68. The van der Waals surface area contributed by atoms with Gasteiger partial charge in [-0.15, -0.1) is 0 Å². The molecule has 1 amide bonds. The molecule has 0 fully saturated rings. The first-order valence-electron chi connectivity index (χ1n) is 5.76. The van der Waals surface area contributed by atoms with Crippen molar-refractivity contribution in [2.24, 2.45) is 5.73 Å². The minimum Gasteiger partial charge on any atom is -0.329 e. The second-order valence-corrected chi connectivity index (χ2v) is 6.76. The molecule has 0 radical (unpaired) electrons. The zero-order chi connectivity index (χ0) is 14.0. The van der Waals surface area contributed by atoms with Crippen LogP contribution in [0.15, 0.2) is 21.5 Å². The van der Waals surface area contributed by atoms with Gasteiger partial charge in [-0.3, -0.25) is 4.79 Å². The van der Waals surface area contributed by atoms with E-state index in [4.69, 9.17) is 5.73 Å². The maximum Gasteiger partial charge on any atom is 0.241 e. The van der Waals surface area contributed by atoms with Crippen LogP contribution in [0.2, 0.25) is 0 Å². The molecule has 1 aliphatic heterocycles. The van der Waals surface area contributed by atoms with Crippen molar-refractivity contribution in [1.29, 1.82) is 0 Å². The smallest absolute Gasteiger partial charge is 0.241 e. The summed E-state index contributed by atoms with van der Waals surface area (Å²) >= 11 is 3.26. The van der Waals surface area contributed by atoms with Crippen LogP contribution >= 0.6 is 15.9 Å². The van der Waals surface area contributed by atoms with Crippen molar-refractivity contribution in [3.05, 3.63) is 22.2 Å². The Labute approximate surface area is 119 Å². The zero-order valence-corrected chi connectivity index (χ0v) is 12.5. The van der Waals surface area contributed by atoms with Gasteiger partial charge in [-0.1, -0.05) is 0 Å². The van der Waals surface area contributed by atoms with E-state index in [9.17, 15) is 13.2 Å². The molecular weight excluding hydrogens is 334 g/mol. The minimum atomic E-state index is -3.63. The number of hydrogen-bond acceptors (Lipinski definition) is 4. The second-order valence-electron chi connectivity index (χ2n) is 4.17. The number of sulfonamides is 1. The molecule has 1 aliphatic rings. The molecule has 4 N–H and O–H groups in total. The number of nitrogens with two attached hydrogens (primary N) is 1. The number of carbonyl (C=O) groups excluding carboxylic acids is 1. The normalized spacial score (nSPS) is 14.9. The molecule has 0 aromatic heterocycles. The van der Waals surface area contributed by atoms with Crippen LogP contribution in [0.1, 0.15) is 12.0 Å². The molecule has 2 rings (SSSR count). The van der Waals surface area contributed by atoms with Crippen LogP contribution in [-0.2, 0) is 21.2 Å². The summed E-state index contributed by atoms with van der Waals surface area (Å²) in [5.74, 6) is -0.104. The van der Waals surface area contributed by atoms with Gasteiger partial charge < -0.3 is 11.1 Å². The number of hydrogen-bond donors (Lipinski definition) is 3. The van der Waals surface area contributed by atoms with Crippen LogP contribution in [0.4, 0.5) is 5.69 Å². The van der Waals surface area contributed by atoms with Crippen LogP contribution in [-0.4, -0.2) is 27.4 Å². The molecule has 0 aliphatic carbocycles. The van der Waals surface area contributed by atoms with Gasteiger partial charge >= 0.3 is 0 Å². The topological polar surface area (TPSA) is 101 Å². The van der Waals surface area contributed by atoms with Crippen molar-refractivity contribution < 1.29 is 13.2 Å². The Morgan fingerprint density at radius 3 is 2.79 bits per heavy atom. The first-order valence-corrected chi connectivity index (χ1v) is 8.03. The highest BCUT2D eigenvalue weighted by Crippen LogP contribution is 2.31. The summed E-state index contributed by atoms with van der Waals surface area (Å²) in [7, 11) is -3.63. The van der Waals surface area contributed by atoms with Gasteiger partial charge in [0, 0.05) is 29.7 Å². The van der Waals surface area contributed by atoms with E-state index >= 15 is 0 Å². The predicted molar refractivity (Wildman–Crippen MR) is 75.3 cm³/mol. The predicted octanol–water partition coefficient (Wildman–Crippen LogP) is 0.571. The van der Waals surface area contributed by atoms with E-state index in [1.165, 1.54) is 6.07 Å². The number of rotatable bonds is 4. The van der Waals surface area contributed by atoms with Crippen LogP contribution in [0.5, 0.6) is 0 Å². The fourth-order valence-corrected chi connectivity index (χ4v) is 4.02. The molecule has 0 bridgehead atoms. The van der Waals surface area contributed by atoms with E-state index in [1.807, 2.05) is 0 Å². The Kier molecular flexibility index (Phi) is 4.24. The highest BCUT2D eigenvalue weighted by molar-refractivity contribution is 9.10. The van der Waals surface area contributed by atoms with E-state index < -0.39 is 10.0 Å². The quantitative estimate of drug-likeness (QED) is 0.740. The second kappa shape index (κ2) is 5.58. The first-order chi connectivity index (χ1) is 8.94. The summed E-state index contributed by atoms with van der Waals surface area (Å²) in [6.45, 7) is 0.386. The van der Waals surface area contributed by atoms with Gasteiger partial charge in [-0.2, -0.15) is 0 Å². The maximum atomic E-state index is 12.1. The lowest BCUT2D eigenvalue weighted by Crippen LogP contribution is -2.29. The average molecular weight is 348 g/mol. The SMILES string of the molecule is NCCNS(=O)(=O)c1cc2c(cc1Br)CCC(=O)N2. The summed E-state index contributed by atoms with van der Waals surface area (Å²) in [5.41, 5.74) is 6.75. The Bertz CT molecular complexity index is 616. The van der Waals surface area contributed by atoms with Gasteiger partial charge in [0.1, 0.15) is 0 Å². The number of halogens is 1. The van der Waals surface area contributed by atoms with Crippen molar-refractivity contribution in [3.63, 3.8) is 0 Å². The fourth-order valence-electron chi connectivity index (χ4n) is 1.86. The summed E-state index contributed by atoms with van der Waals surface area (Å²) in [6.07, 6.45) is 1.02. The van der Waals surface area contributed by atoms with E-state index in [2.05, 4.69) is 26.0 Å². The van der Waals surface area contributed by atoms with Crippen molar-refractivity contribution in [1.82, 2.24) is 4.72 Å². The molecule has 1 heterocycles. The Balaban J connectivity index is 2.42. The van der Waals surface area contributed by atoms with Crippen molar-refractivity contribution in [3.8, 4) is 0 Å². The monoisotopic (exact) mass is 347 g/mol. The standard InChI is InChI=1S/C11H14BrN3O3S/c12-8-5-7-1-2-11(16)15-9(7)6-10(8)19(17,18)14-4-3-13/h5-6,14H,1-4,13H2,(H,15,16). The third kappa shape index (κ3) is 3.14. The molecule has 0 saturated carbocycles. The molecule has 0 spiro atoms. The van der Waals surface area contributed by atoms with Gasteiger partial charge in [-0.05, 0) is 40.0 Å². The number of benzene rings is 1. The largest absolute Gasteiger partial charge is 0.329 e. The molecule has 0 saturated heterocycles. The number of aryl methyl sites for hydroxylation is 1. The van der Waals surface area contributed by atoms with Crippen LogP contribution in [0, 0.1) is 0 Å². The molecule has 1 aromatic carbocycles. The third-order valence-corrected chi connectivity index (χ3v) is 5.20. The maximum absolute atomic E-state index is 12.1. The number of anilines is 1. The zero-order valence-electron chi connectivity index (χ0n) is 10.1. The lowest BCUT2D eigenvalue weighted by atomic mass is 10.0. The van der Waals surface area contributed by atoms with Gasteiger partial charge in [0.15, 0.2) is 0 Å². The number of fused-ring (bicyclic) bond motifs is 1. The average Bonchev–Trinajstić information content (AvgIpc) is 2.36. The molecule has 0 atom stereocenters. The van der Waals surface area contributed by atoms with Gasteiger partial charge in [-0.25, -0.2) is 13.1 Å². The van der Waals surface area contributed by atoms with Gasteiger partial charge in [0.25, 0.3) is 0 Å². The highest BCUT2D eigenvalue weighted by Gasteiger charge is 2.22. The Hall–Kier alpha value is -0.960. The summed E-state index contributed by atoms with van der Waals surface area (Å²) in [6, 6.07) is 3.20. The van der Waals surface area contributed by atoms with E-state index in [0.29, 0.717) is 23.0 Å². The van der Waals surface area contributed by atoms with E-state index in [1.54, 1.807) is 6.07 Å². The molecule has 1 aromatic rings. The molecule has 0 unspecified atom stereocenters. The van der Waals surface area contributed by atoms with Crippen molar-refractivity contribution >= 4 is 37.5 Å². The van der Waals surface area contributed by atoms with Crippen molar-refractivity contribution in [2.75, 3.05) is 18.4 Å². The molecule has 104 valence electrons. The lowest BCUT2D eigenvalue weighted by Gasteiger charge is -2.19. The summed E-state index contributed by atoms with van der Waals surface area (Å²) < 4.78 is 27.0. The lowest BCUT2D eigenvalue weighted by molar-refractivity contribution is -0.116. The third-order valence-electron chi connectivity index (χ3n) is 2.78. The van der Waals surface area contributed by atoms with E-state index in [0.717, 1.165) is 5.56 Å². The van der Waals surface area contributed by atoms with E-state index in [-0.39, 0.29) is 23.9 Å². The van der Waals surface area contributed by atoms with Gasteiger partial charge in [0.2, 0.25) is 15.9 Å². The first kappa shape index (κ1) is 14.4. The number of nitrogens with one attached hydrogen (secondary N) is 2. The van der Waals surface area contributed by atoms with Crippen LogP contribution in [0.3, 0.4) is 0 Å². The van der Waals surface area contributed by atoms with Crippen LogP contribution < -0.4 is 15.8 Å². The molecule has 19 heavy (non-hydrogen) atoms. The fraction of sp³-hybridized carbons (Fsp3) is 0.364.